The van der Waals surface area contributed by atoms with E-state index in [1.54, 1.807) is 68.6 Å². The summed E-state index contributed by atoms with van der Waals surface area (Å²) in [5, 5.41) is 7.66. The van der Waals surface area contributed by atoms with Crippen LogP contribution in [0.5, 0.6) is 5.75 Å². The van der Waals surface area contributed by atoms with Crippen molar-refractivity contribution in [1.82, 2.24) is 4.98 Å². The van der Waals surface area contributed by atoms with E-state index in [0.717, 1.165) is 0 Å². The van der Waals surface area contributed by atoms with Gasteiger partial charge in [-0.05, 0) is 55.3 Å². The fraction of sp³-hybridized carbons (Fsp3) is 0.217. The molecule has 1 atom stereocenters. The van der Waals surface area contributed by atoms with Crippen LogP contribution in [0.15, 0.2) is 65.9 Å². The van der Waals surface area contributed by atoms with E-state index in [-0.39, 0.29) is 23.6 Å². The first-order valence-corrected chi connectivity index (χ1v) is 10.9. The minimum absolute atomic E-state index is 0.247. The van der Waals surface area contributed by atoms with Gasteiger partial charge >= 0.3 is 6.16 Å². The van der Waals surface area contributed by atoms with Crippen LogP contribution in [0.3, 0.4) is 0 Å². The van der Waals surface area contributed by atoms with Gasteiger partial charge in [-0.2, -0.15) is 0 Å². The molecule has 0 spiro atoms. The van der Waals surface area contributed by atoms with Crippen LogP contribution in [0.25, 0.3) is 10.4 Å². The Kier molecular flexibility index (Phi) is 8.81. The third-order valence-corrected chi connectivity index (χ3v) is 5.08. The van der Waals surface area contributed by atoms with E-state index in [4.69, 9.17) is 42.9 Å². The van der Waals surface area contributed by atoms with Crippen LogP contribution in [-0.4, -0.2) is 24.0 Å². The summed E-state index contributed by atoms with van der Waals surface area (Å²) in [5.41, 5.74) is 10.3. The number of hydrogen-bond donors (Lipinski definition) is 1. The maximum absolute atomic E-state index is 11.7. The molecule has 1 N–H and O–H groups in total. The molecule has 1 aromatic heterocycles. The zero-order valence-electron chi connectivity index (χ0n) is 18.3. The van der Waals surface area contributed by atoms with Crippen molar-refractivity contribution in [1.29, 1.82) is 0 Å². The first kappa shape index (κ1) is 25.0. The van der Waals surface area contributed by atoms with Gasteiger partial charge in [-0.3, -0.25) is 0 Å². The Morgan fingerprint density at radius 1 is 1.15 bits per heavy atom. The van der Waals surface area contributed by atoms with Gasteiger partial charge in [-0.1, -0.05) is 52.6 Å². The molecule has 2 aromatic carbocycles. The Hall–Kier alpha value is -3.65. The highest BCUT2D eigenvalue weighted by Crippen LogP contribution is 2.40. The summed E-state index contributed by atoms with van der Waals surface area (Å²) in [5.74, 6) is 0.931. The Morgan fingerprint density at radius 2 is 1.97 bits per heavy atom. The predicted octanol–water partition coefficient (Wildman–Crippen LogP) is 7.43. The number of ether oxygens (including phenoxy) is 3. The first-order valence-electron chi connectivity index (χ1n) is 10.2. The molecule has 1 heterocycles. The third-order valence-electron chi connectivity index (χ3n) is 4.43. The van der Waals surface area contributed by atoms with E-state index in [9.17, 15) is 4.79 Å². The lowest BCUT2D eigenvalue weighted by molar-refractivity contribution is -0.00845. The topological polar surface area (TPSA) is 118 Å². The summed E-state index contributed by atoms with van der Waals surface area (Å²) in [6.07, 6.45) is 0.468. The van der Waals surface area contributed by atoms with Crippen molar-refractivity contribution in [3.05, 3.63) is 92.4 Å². The van der Waals surface area contributed by atoms with Crippen molar-refractivity contribution in [2.75, 3.05) is 12.1 Å². The van der Waals surface area contributed by atoms with Crippen LogP contribution >= 0.6 is 23.2 Å². The van der Waals surface area contributed by atoms with Crippen LogP contribution < -0.4 is 10.1 Å². The molecule has 11 heteroatoms. The zero-order valence-corrected chi connectivity index (χ0v) is 19.8. The van der Waals surface area contributed by atoms with E-state index in [1.165, 1.54) is 0 Å². The van der Waals surface area contributed by atoms with Crippen molar-refractivity contribution in [2.24, 2.45) is 5.11 Å². The highest BCUT2D eigenvalue weighted by Gasteiger charge is 2.23. The molecule has 0 bridgehead atoms. The Bertz CT molecular complexity index is 1190. The van der Waals surface area contributed by atoms with Gasteiger partial charge < -0.3 is 19.5 Å². The predicted molar refractivity (Wildman–Crippen MR) is 130 cm³/mol. The molecular weight excluding hydrogens is 481 g/mol. The quantitative estimate of drug-likeness (QED) is 0.107. The smallest absolute Gasteiger partial charge is 0.457 e. The average Bonchev–Trinajstić information content (AvgIpc) is 2.80. The first-order chi connectivity index (χ1) is 16.4. The highest BCUT2D eigenvalue weighted by molar-refractivity contribution is 6.34. The standard InChI is InChI=1S/C23H21Cl2N5O4/c1-14(2)34-23(31)33-13-32-19-10-9-15(24)12-17(19)22(28-20-8-3-4-11-27-20)16-6-5-7-18(21(16)25)29-30-26/h3-12,14,22H,13H2,1-2H3,(H,27,28). The molecule has 0 aliphatic carbocycles. The summed E-state index contributed by atoms with van der Waals surface area (Å²) in [7, 11) is 0. The van der Waals surface area contributed by atoms with Gasteiger partial charge in [0.25, 0.3) is 0 Å². The molecule has 0 fully saturated rings. The number of anilines is 1. The van der Waals surface area contributed by atoms with Crippen molar-refractivity contribution >= 4 is 40.9 Å². The van der Waals surface area contributed by atoms with Gasteiger partial charge in [-0.25, -0.2) is 9.78 Å². The number of nitrogens with one attached hydrogen (secondary N) is 1. The molecule has 0 aliphatic heterocycles. The number of halogens is 2. The third kappa shape index (κ3) is 6.68. The second-order valence-electron chi connectivity index (χ2n) is 7.17. The average molecular weight is 502 g/mol. The van der Waals surface area contributed by atoms with E-state index in [1.807, 2.05) is 6.07 Å². The second-order valence-corrected chi connectivity index (χ2v) is 7.98. The Balaban J connectivity index is 2.01. The molecule has 1 unspecified atom stereocenters. The lowest BCUT2D eigenvalue weighted by Gasteiger charge is -2.24. The van der Waals surface area contributed by atoms with Crippen LogP contribution in [0.1, 0.15) is 31.0 Å². The molecule has 0 amide bonds. The van der Waals surface area contributed by atoms with Crippen molar-refractivity contribution in [3.63, 3.8) is 0 Å². The largest absolute Gasteiger partial charge is 0.511 e. The van der Waals surface area contributed by atoms with E-state index < -0.39 is 12.2 Å². The fourth-order valence-corrected chi connectivity index (χ4v) is 3.50. The van der Waals surface area contributed by atoms with Gasteiger partial charge in [0.05, 0.1) is 22.9 Å². The van der Waals surface area contributed by atoms with Gasteiger partial charge in [0.1, 0.15) is 11.6 Å². The number of azide groups is 1. The van der Waals surface area contributed by atoms with Gasteiger partial charge in [0.2, 0.25) is 6.79 Å². The van der Waals surface area contributed by atoms with Crippen LogP contribution in [0.2, 0.25) is 10.0 Å². The number of carbonyl (C=O) groups is 1. The molecule has 0 aliphatic rings. The normalized spacial score (nSPS) is 11.3. The molecule has 0 saturated heterocycles. The number of pyridine rings is 1. The number of rotatable bonds is 9. The highest BCUT2D eigenvalue weighted by atomic mass is 35.5. The summed E-state index contributed by atoms with van der Waals surface area (Å²) in [4.78, 5) is 18.9. The van der Waals surface area contributed by atoms with Gasteiger partial charge in [0, 0.05) is 21.7 Å². The summed E-state index contributed by atoms with van der Waals surface area (Å²) >= 11 is 12.9. The summed E-state index contributed by atoms with van der Waals surface area (Å²) in [6, 6.07) is 14.9. The van der Waals surface area contributed by atoms with Gasteiger partial charge in [0.15, 0.2) is 0 Å². The second kappa shape index (κ2) is 12.0. The van der Waals surface area contributed by atoms with Crippen LogP contribution in [0, 0.1) is 0 Å². The molecule has 3 aromatic rings. The van der Waals surface area contributed by atoms with Crippen LogP contribution in [0.4, 0.5) is 16.3 Å². The molecule has 0 saturated carbocycles. The maximum Gasteiger partial charge on any atom is 0.511 e. The number of hydrogen-bond acceptors (Lipinski definition) is 7. The summed E-state index contributed by atoms with van der Waals surface area (Å²) in [6.45, 7) is 3.03. The molecule has 9 nitrogen and oxygen atoms in total. The molecule has 176 valence electrons. The lowest BCUT2D eigenvalue weighted by Crippen LogP contribution is -2.18. The van der Waals surface area contributed by atoms with Crippen molar-refractivity contribution < 1.29 is 19.0 Å². The molecule has 0 radical (unpaired) electrons. The minimum atomic E-state index is -0.848. The number of nitrogens with zero attached hydrogens (tertiary/aromatic N) is 4. The van der Waals surface area contributed by atoms with E-state index in [0.29, 0.717) is 27.7 Å². The molecule has 34 heavy (non-hydrogen) atoms. The van der Waals surface area contributed by atoms with Crippen molar-refractivity contribution in [2.45, 2.75) is 26.0 Å². The zero-order chi connectivity index (χ0) is 24.5. The van der Waals surface area contributed by atoms with E-state index >= 15 is 0 Å². The fourth-order valence-electron chi connectivity index (χ4n) is 3.05. The Morgan fingerprint density at radius 3 is 2.68 bits per heavy atom. The number of carbonyl (C=O) groups excluding carboxylic acids is 1. The van der Waals surface area contributed by atoms with Crippen molar-refractivity contribution in [3.8, 4) is 5.75 Å². The Labute approximate surface area is 206 Å². The monoisotopic (exact) mass is 501 g/mol. The molecular formula is C23H21Cl2N5O4. The number of benzene rings is 2. The SMILES string of the molecule is CC(C)OC(=O)OCOc1ccc(Cl)cc1C(Nc1ccccn1)c1cccc(N=[N+]=[N-])c1Cl. The number of aromatic nitrogens is 1. The minimum Gasteiger partial charge on any atom is -0.457 e. The molecule has 3 rings (SSSR count). The summed E-state index contributed by atoms with van der Waals surface area (Å²) < 4.78 is 15.7. The van der Waals surface area contributed by atoms with E-state index in [2.05, 4.69) is 20.3 Å². The van der Waals surface area contributed by atoms with Crippen LogP contribution in [-0.2, 0) is 9.47 Å². The van der Waals surface area contributed by atoms with Gasteiger partial charge in [-0.15, -0.1) is 0 Å². The lowest BCUT2D eigenvalue weighted by atomic mass is 9.97. The maximum atomic E-state index is 11.7.